The number of likely N-dealkylation sites (N-methyl/N-ethyl adjacent to an activating group) is 2. The lowest BCUT2D eigenvalue weighted by atomic mass is 9.48. The van der Waals surface area contributed by atoms with Crippen molar-refractivity contribution in [2.24, 2.45) is 11.5 Å². The molecule has 12 unspecified atom stereocenters. The van der Waals surface area contributed by atoms with Gasteiger partial charge in [0.15, 0.2) is 0 Å². The second kappa shape index (κ2) is 11.9. The van der Waals surface area contributed by atoms with Gasteiger partial charge in [-0.2, -0.15) is 0 Å². The van der Waals surface area contributed by atoms with E-state index in [1.165, 1.54) is 0 Å². The number of ether oxygens (including phenoxy) is 4. The van der Waals surface area contributed by atoms with Crippen LogP contribution < -0.4 is 46.7 Å². The topological polar surface area (TPSA) is 89.0 Å². The standard InChI is InChI=1S/C78H48N4O4.4ClH/c1-81(5-9-85-13-11-83-7-3-79)15-75-67-51-40-29-22-23-27-20-19-24-21-25(20)36-45-34(27)41-30(23)32-31(29)42-39-43(32)54-52(41)68-56(45)58-47(36)38-28(21)37-46-35(24)44(33(40)26(19)22)55(67)57(46)69-59-48(37)49(38)60-64-63(59)73(77(69,75)17-81)65-61(71(75)53(42)51)50(39)62-66(65)74(64)78(70(58)60)18-82(2,16-76(68,78)72(54)62)6-10-86-14-12-84-8-4-80;;;;/h21,24,28,35,49,60H,3-18,79-80H2,1-2H3;4*1H/q+2;;;;/p-2. The van der Waals surface area contributed by atoms with Gasteiger partial charge in [0.1, 0.15) is 13.1 Å². The molecule has 4 N–H and O–H groups in total. The Balaban J connectivity index is 0.00000116. The third-order valence-electron chi connectivity index (χ3n) is 31.7. The van der Waals surface area contributed by atoms with Gasteiger partial charge in [0.25, 0.3) is 0 Å². The van der Waals surface area contributed by atoms with E-state index < -0.39 is 0 Å². The quantitative estimate of drug-likeness (QED) is 0.0811. The lowest BCUT2D eigenvalue weighted by molar-refractivity contribution is -0.900. The zero-order chi connectivity index (χ0) is 53.5. The molecule has 2 fully saturated rings. The number of nitrogens with two attached hydrogens (primary N) is 2. The first-order valence-electron chi connectivity index (χ1n) is 33.6. The molecule has 0 amide bonds. The van der Waals surface area contributed by atoms with Gasteiger partial charge in [-0.05, 0) is 273 Å². The third kappa shape index (κ3) is 3.03. The van der Waals surface area contributed by atoms with E-state index in [9.17, 15) is 0 Å². The van der Waals surface area contributed by atoms with Crippen molar-refractivity contribution in [1.82, 2.24) is 0 Å². The molecule has 18 aliphatic rings. The molecular weight excluding hydrogens is 1200 g/mol. The van der Waals surface area contributed by atoms with Gasteiger partial charge in [0.2, 0.25) is 0 Å². The van der Waals surface area contributed by atoms with Crippen molar-refractivity contribution in [3.63, 3.8) is 0 Å². The summed E-state index contributed by atoms with van der Waals surface area (Å²) in [7, 11) is 5.45. The van der Waals surface area contributed by atoms with E-state index in [1.807, 2.05) is 122 Å². The van der Waals surface area contributed by atoms with Crippen LogP contribution in [0.15, 0.2) is 0 Å². The van der Waals surface area contributed by atoms with Gasteiger partial charge in [0, 0.05) is 48.6 Å². The van der Waals surface area contributed by atoms with E-state index in [-0.39, 0.29) is 71.3 Å². The van der Waals surface area contributed by atoms with Crippen LogP contribution in [0.4, 0.5) is 0 Å². The number of nitrogens with zero attached hydrogens (tertiary/aromatic N) is 2. The number of hydrogen-bond acceptors (Lipinski definition) is 6. The number of hydrogen-bond donors (Lipinski definition) is 2. The van der Waals surface area contributed by atoms with E-state index >= 15 is 0 Å². The highest BCUT2D eigenvalue weighted by atomic mass is 35.5. The summed E-state index contributed by atoms with van der Waals surface area (Å²) in [6.45, 7) is 12.9. The first kappa shape index (κ1) is 46.4. The molecule has 434 valence electrons. The molecule has 0 radical (unpaired) electrons. The summed E-state index contributed by atoms with van der Waals surface area (Å²) in [6.07, 6.45) is 0. The average molecular weight is 1250 g/mol. The predicted octanol–water partition coefficient (Wildman–Crippen LogP) is 4.95. The molecule has 0 aromatic heterocycles. The number of quaternary nitrogens is 2. The zero-order valence-electron chi connectivity index (χ0n) is 49.0. The van der Waals surface area contributed by atoms with Crippen molar-refractivity contribution < 1.29 is 52.7 Å². The van der Waals surface area contributed by atoms with Crippen molar-refractivity contribution >= 4 is 187 Å². The van der Waals surface area contributed by atoms with E-state index in [4.69, 9.17) is 30.4 Å². The Morgan fingerprint density at radius 3 is 1.31 bits per heavy atom. The summed E-state index contributed by atoms with van der Waals surface area (Å²) in [5.41, 5.74) is 48.4. The van der Waals surface area contributed by atoms with Crippen molar-refractivity contribution in [1.29, 1.82) is 0 Å². The molecule has 0 saturated carbocycles. The minimum absolute atomic E-state index is 0. The van der Waals surface area contributed by atoms with Gasteiger partial charge in [0.05, 0.1) is 115 Å². The van der Waals surface area contributed by atoms with Crippen LogP contribution in [-0.2, 0) is 40.6 Å². The number of rotatable bonds is 16. The second-order valence-corrected chi connectivity index (χ2v) is 33.1. The Labute approximate surface area is 534 Å². The fourth-order valence-electron chi connectivity index (χ4n) is 31.8. The first-order chi connectivity index (χ1) is 42.4. The monoisotopic (exact) mass is 1250 g/mol. The highest BCUT2D eigenvalue weighted by Gasteiger charge is 2.85. The summed E-state index contributed by atoms with van der Waals surface area (Å²) >= 11 is 0. The Bertz CT molecular complexity index is 6870. The van der Waals surface area contributed by atoms with E-state index in [0.29, 0.717) is 88.2 Å². The van der Waals surface area contributed by atoms with Crippen molar-refractivity contribution in [2.45, 2.75) is 57.2 Å². The Morgan fingerprint density at radius 2 is 0.711 bits per heavy atom. The Hall–Kier alpha value is -5.66. The van der Waals surface area contributed by atoms with E-state index in [0.717, 1.165) is 61.4 Å². The fourth-order valence-corrected chi connectivity index (χ4v) is 31.8. The molecule has 16 aromatic rings. The van der Waals surface area contributed by atoms with Gasteiger partial charge >= 0.3 is 0 Å². The Kier molecular flexibility index (Phi) is 6.11. The zero-order valence-corrected chi connectivity index (χ0v) is 52.2. The average Bonchev–Trinajstić information content (AvgIpc) is 1.37. The van der Waals surface area contributed by atoms with E-state index in [2.05, 4.69) is 14.1 Å². The highest BCUT2D eigenvalue weighted by molar-refractivity contribution is 6.69. The highest BCUT2D eigenvalue weighted by Crippen LogP contribution is 2.93. The van der Waals surface area contributed by atoms with Crippen molar-refractivity contribution in [3.05, 3.63) is 88.3 Å². The summed E-state index contributed by atoms with van der Waals surface area (Å²) < 4.78 is 27.4. The molecule has 34 rings (SSSR count). The summed E-state index contributed by atoms with van der Waals surface area (Å²) in [6, 6.07) is 0. The maximum Gasteiger partial charge on any atom is 0.102 e. The predicted molar refractivity (Wildman–Crippen MR) is 351 cm³/mol. The normalized spacial score (nSPS) is 33.7. The lowest BCUT2D eigenvalue weighted by Crippen LogP contribution is -3.00. The van der Waals surface area contributed by atoms with E-state index in [1.54, 1.807) is 151 Å². The number of benzene rings is 11. The van der Waals surface area contributed by atoms with Crippen LogP contribution in [-0.4, -0.2) is 128 Å². The Morgan fingerprint density at radius 1 is 0.322 bits per heavy atom. The molecule has 4 spiro atoms. The van der Waals surface area contributed by atoms with Crippen LogP contribution in [0.5, 0.6) is 0 Å². The minimum Gasteiger partial charge on any atom is -1.00 e. The van der Waals surface area contributed by atoms with Crippen molar-refractivity contribution in [2.75, 3.05) is 119 Å². The van der Waals surface area contributed by atoms with Gasteiger partial charge in [-0.25, -0.2) is 0 Å². The van der Waals surface area contributed by atoms with Gasteiger partial charge in [-0.3, -0.25) is 0 Å². The molecule has 8 nitrogen and oxygen atoms in total. The van der Waals surface area contributed by atoms with Gasteiger partial charge < -0.3 is 64.2 Å². The minimum atomic E-state index is -0.187. The molecule has 12 atom stereocenters. The largest absolute Gasteiger partial charge is 1.00 e. The number of halogens is 4. The molecule has 16 aliphatic carbocycles. The molecule has 2 heterocycles. The molecule has 16 aromatic carbocycles. The van der Waals surface area contributed by atoms with Crippen LogP contribution in [0.1, 0.15) is 113 Å². The fraction of sp³-hybridized carbons (Fsp3) is 0.359. The molecular formula is C78H50Cl4N4O4. The van der Waals surface area contributed by atoms with Crippen LogP contribution >= 0.6 is 24.8 Å². The molecule has 0 bridgehead atoms. The van der Waals surface area contributed by atoms with Crippen LogP contribution in [0.2, 0.25) is 0 Å². The van der Waals surface area contributed by atoms with Gasteiger partial charge in [-0.1, -0.05) is 0 Å². The SMILES string of the molecule is C[N+]1(CCOCCOCCN)CC23C4=c5c6c7c8c9c%10c%11c%12c%13c%14c%15c%16c%17c%18c%19c%20c%21c%22c(c2c%20c2c%20c%23c%24c(c5c7c5c9c7c%11c(c%12%16)c9c%17c(c%192)c%23c9c7c%245)C%203C1)C4C1C=6C2c3c1c-%22c(c-%14c3C%13C%10C82)C%211C[N+](C)(CCOCCOCCN)CC%15%181.Cl.Cl.[Cl-].[Cl-]. The lowest BCUT2D eigenvalue weighted by Gasteiger charge is -2.49. The maximum atomic E-state index is 6.75. The van der Waals surface area contributed by atoms with Crippen LogP contribution in [0, 0.1) is 0 Å². The van der Waals surface area contributed by atoms with Crippen LogP contribution in [0.3, 0.4) is 0 Å². The second-order valence-electron chi connectivity index (χ2n) is 33.1. The first-order valence-corrected chi connectivity index (χ1v) is 33.6. The summed E-state index contributed by atoms with van der Waals surface area (Å²) in [5.74, 6) is 2.69. The molecule has 2 saturated heterocycles. The summed E-state index contributed by atoms with van der Waals surface area (Å²) in [5, 5.41) is 52.5. The molecule has 90 heavy (non-hydrogen) atoms. The number of likely N-dealkylation sites (tertiary alicyclic amines) is 2. The third-order valence-corrected chi connectivity index (χ3v) is 31.7. The molecule has 2 aliphatic heterocycles. The smallest absolute Gasteiger partial charge is 0.102 e. The molecule has 12 heteroatoms. The maximum absolute atomic E-state index is 6.75. The van der Waals surface area contributed by atoms with Gasteiger partial charge in [-0.15, -0.1) is 24.8 Å². The van der Waals surface area contributed by atoms with Crippen molar-refractivity contribution in [3.8, 4) is 22.3 Å². The van der Waals surface area contributed by atoms with Crippen LogP contribution in [0.25, 0.3) is 184 Å². The summed E-state index contributed by atoms with van der Waals surface area (Å²) in [4.78, 5) is 0.